The van der Waals surface area contributed by atoms with Gasteiger partial charge in [0.15, 0.2) is 0 Å². The molecule has 0 spiro atoms. The summed E-state index contributed by atoms with van der Waals surface area (Å²) in [7, 11) is 0. The monoisotopic (exact) mass is 291 g/mol. The van der Waals surface area contributed by atoms with E-state index in [2.05, 4.69) is 14.9 Å². The summed E-state index contributed by atoms with van der Waals surface area (Å²) in [6.45, 7) is 3.29. The molecule has 7 heteroatoms. The molecule has 7 nitrogen and oxygen atoms in total. The Morgan fingerprint density at radius 2 is 1.90 bits per heavy atom. The zero-order chi connectivity index (χ0) is 14.8. The number of primary amides is 1. The summed E-state index contributed by atoms with van der Waals surface area (Å²) in [5, 5.41) is 0. The number of anilines is 1. The summed E-state index contributed by atoms with van der Waals surface area (Å²) in [5.41, 5.74) is 7.04. The standard InChI is InChI=1S/C14H21N5O2/c15-12(20)9-18-5-7-19(8-6-18)14-16-11-4-2-1-3-10(11)13(21)17-14/h1-9H2,(H2,15,20)(H,16,17,21). The second-order valence-corrected chi connectivity index (χ2v) is 5.75. The van der Waals surface area contributed by atoms with E-state index in [-0.39, 0.29) is 11.5 Å². The van der Waals surface area contributed by atoms with Crippen molar-refractivity contribution in [2.75, 3.05) is 37.6 Å². The molecule has 1 aromatic heterocycles. The van der Waals surface area contributed by atoms with Crippen molar-refractivity contribution in [1.29, 1.82) is 0 Å². The Labute approximate surface area is 123 Å². The van der Waals surface area contributed by atoms with Crippen LogP contribution in [-0.4, -0.2) is 53.5 Å². The van der Waals surface area contributed by atoms with Crippen molar-refractivity contribution in [3.8, 4) is 0 Å². The highest BCUT2D eigenvalue weighted by atomic mass is 16.1. The number of carbonyl (C=O) groups is 1. The Morgan fingerprint density at radius 3 is 2.62 bits per heavy atom. The van der Waals surface area contributed by atoms with E-state index in [1.54, 1.807) is 0 Å². The van der Waals surface area contributed by atoms with E-state index in [4.69, 9.17) is 5.73 Å². The van der Waals surface area contributed by atoms with E-state index in [0.29, 0.717) is 12.5 Å². The van der Waals surface area contributed by atoms with Gasteiger partial charge in [-0.25, -0.2) is 4.98 Å². The molecule has 3 N–H and O–H groups in total. The number of carbonyl (C=O) groups excluding carboxylic acids is 1. The average Bonchev–Trinajstić information content (AvgIpc) is 2.47. The SMILES string of the molecule is NC(=O)CN1CCN(c2nc3c(c(=O)[nH]2)CCCC3)CC1. The third-order valence-corrected chi connectivity index (χ3v) is 4.23. The molecule has 0 bridgehead atoms. The quantitative estimate of drug-likeness (QED) is 0.764. The van der Waals surface area contributed by atoms with Crippen LogP contribution in [0.3, 0.4) is 0 Å². The summed E-state index contributed by atoms with van der Waals surface area (Å²) < 4.78 is 0. The first-order valence-corrected chi connectivity index (χ1v) is 7.51. The zero-order valence-corrected chi connectivity index (χ0v) is 12.1. The second kappa shape index (κ2) is 5.85. The van der Waals surface area contributed by atoms with Gasteiger partial charge in [-0.15, -0.1) is 0 Å². The van der Waals surface area contributed by atoms with E-state index in [1.165, 1.54) is 0 Å². The lowest BCUT2D eigenvalue weighted by Gasteiger charge is -2.34. The predicted molar refractivity (Wildman–Crippen MR) is 79.3 cm³/mol. The minimum atomic E-state index is -0.302. The number of aromatic nitrogens is 2. The second-order valence-electron chi connectivity index (χ2n) is 5.75. The van der Waals surface area contributed by atoms with E-state index in [1.807, 2.05) is 4.90 Å². The highest BCUT2D eigenvalue weighted by Crippen LogP contribution is 2.18. The van der Waals surface area contributed by atoms with Gasteiger partial charge < -0.3 is 10.6 Å². The number of aryl methyl sites for hydroxylation is 1. The largest absolute Gasteiger partial charge is 0.369 e. The number of hydrogen-bond acceptors (Lipinski definition) is 5. The van der Waals surface area contributed by atoms with Crippen molar-refractivity contribution in [2.24, 2.45) is 5.73 Å². The molecule has 21 heavy (non-hydrogen) atoms. The van der Waals surface area contributed by atoms with Crippen LogP contribution in [0, 0.1) is 0 Å². The summed E-state index contributed by atoms with van der Waals surface area (Å²) in [6, 6.07) is 0. The molecule has 114 valence electrons. The number of rotatable bonds is 3. The Bertz CT molecular complexity index is 590. The first kappa shape index (κ1) is 14.1. The Kier molecular flexibility index (Phi) is 3.92. The molecule has 0 aromatic carbocycles. The van der Waals surface area contributed by atoms with E-state index in [9.17, 15) is 9.59 Å². The van der Waals surface area contributed by atoms with Gasteiger partial charge in [0.25, 0.3) is 5.56 Å². The fraction of sp³-hybridized carbons (Fsp3) is 0.643. The molecule has 0 unspecified atom stereocenters. The maximum atomic E-state index is 12.1. The van der Waals surface area contributed by atoms with Crippen LogP contribution in [0.4, 0.5) is 5.95 Å². The molecule has 1 saturated heterocycles. The summed E-state index contributed by atoms with van der Waals surface area (Å²) >= 11 is 0. The minimum Gasteiger partial charge on any atom is -0.369 e. The molecule has 0 atom stereocenters. The van der Waals surface area contributed by atoms with Crippen molar-refractivity contribution < 1.29 is 4.79 Å². The number of nitrogens with one attached hydrogen (secondary N) is 1. The van der Waals surface area contributed by atoms with Crippen LogP contribution in [-0.2, 0) is 17.6 Å². The van der Waals surface area contributed by atoms with Gasteiger partial charge in [0.1, 0.15) is 0 Å². The fourth-order valence-electron chi connectivity index (χ4n) is 3.08. The number of piperazine rings is 1. The number of amides is 1. The van der Waals surface area contributed by atoms with Crippen LogP contribution in [0.2, 0.25) is 0 Å². The fourth-order valence-corrected chi connectivity index (χ4v) is 3.08. The van der Waals surface area contributed by atoms with Gasteiger partial charge in [-0.3, -0.25) is 19.5 Å². The van der Waals surface area contributed by atoms with Crippen LogP contribution in [0.25, 0.3) is 0 Å². The number of nitrogens with two attached hydrogens (primary N) is 1. The van der Waals surface area contributed by atoms with Crippen molar-refractivity contribution in [3.63, 3.8) is 0 Å². The lowest BCUT2D eigenvalue weighted by atomic mass is 9.97. The molecule has 1 aliphatic carbocycles. The first-order valence-electron chi connectivity index (χ1n) is 7.51. The Hall–Kier alpha value is -1.89. The maximum absolute atomic E-state index is 12.1. The molecule has 1 fully saturated rings. The molecular weight excluding hydrogens is 270 g/mol. The molecule has 3 rings (SSSR count). The van der Waals surface area contributed by atoms with Crippen LogP contribution in [0.5, 0.6) is 0 Å². The number of nitrogens with zero attached hydrogens (tertiary/aromatic N) is 3. The van der Waals surface area contributed by atoms with Crippen molar-refractivity contribution in [3.05, 3.63) is 21.6 Å². The van der Waals surface area contributed by atoms with Crippen LogP contribution in [0.1, 0.15) is 24.1 Å². The van der Waals surface area contributed by atoms with Gasteiger partial charge in [0.2, 0.25) is 11.9 Å². The van der Waals surface area contributed by atoms with Crippen molar-refractivity contribution in [2.45, 2.75) is 25.7 Å². The normalized spacial score (nSPS) is 19.3. The zero-order valence-electron chi connectivity index (χ0n) is 12.1. The van der Waals surface area contributed by atoms with E-state index < -0.39 is 0 Å². The molecule has 0 radical (unpaired) electrons. The molecule has 2 heterocycles. The maximum Gasteiger partial charge on any atom is 0.255 e. The van der Waals surface area contributed by atoms with Gasteiger partial charge in [-0.2, -0.15) is 0 Å². The first-order chi connectivity index (χ1) is 10.1. The van der Waals surface area contributed by atoms with Gasteiger partial charge in [0, 0.05) is 31.7 Å². The van der Waals surface area contributed by atoms with Crippen LogP contribution >= 0.6 is 0 Å². The molecule has 0 saturated carbocycles. The minimum absolute atomic E-state index is 0.00858. The molecular formula is C14H21N5O2. The topological polar surface area (TPSA) is 95.3 Å². The third-order valence-electron chi connectivity index (χ3n) is 4.23. The van der Waals surface area contributed by atoms with Gasteiger partial charge in [0.05, 0.1) is 12.2 Å². The van der Waals surface area contributed by atoms with Gasteiger partial charge in [-0.05, 0) is 25.7 Å². The van der Waals surface area contributed by atoms with Gasteiger partial charge in [-0.1, -0.05) is 0 Å². The molecule has 1 aromatic rings. The molecule has 2 aliphatic rings. The summed E-state index contributed by atoms with van der Waals surface area (Å²) in [4.78, 5) is 34.7. The lowest BCUT2D eigenvalue weighted by Crippen LogP contribution is -2.49. The van der Waals surface area contributed by atoms with Crippen LogP contribution in [0.15, 0.2) is 4.79 Å². The van der Waals surface area contributed by atoms with E-state index in [0.717, 1.165) is 63.1 Å². The highest BCUT2D eigenvalue weighted by molar-refractivity contribution is 5.75. The number of hydrogen-bond donors (Lipinski definition) is 2. The van der Waals surface area contributed by atoms with Crippen LogP contribution < -0.4 is 16.2 Å². The van der Waals surface area contributed by atoms with E-state index >= 15 is 0 Å². The predicted octanol–water partition coefficient (Wildman–Crippen LogP) is -0.744. The average molecular weight is 291 g/mol. The van der Waals surface area contributed by atoms with Gasteiger partial charge >= 0.3 is 0 Å². The number of aromatic amines is 1. The molecule has 1 aliphatic heterocycles. The summed E-state index contributed by atoms with van der Waals surface area (Å²) in [5.74, 6) is 0.364. The van der Waals surface area contributed by atoms with Crippen molar-refractivity contribution >= 4 is 11.9 Å². The Balaban J connectivity index is 1.72. The molecule has 1 amide bonds. The lowest BCUT2D eigenvalue weighted by molar-refractivity contribution is -0.119. The van der Waals surface area contributed by atoms with Crippen molar-refractivity contribution in [1.82, 2.24) is 14.9 Å². The third kappa shape index (κ3) is 3.07. The summed E-state index contributed by atoms with van der Waals surface area (Å²) in [6.07, 6.45) is 3.91. The number of fused-ring (bicyclic) bond motifs is 1. The smallest absolute Gasteiger partial charge is 0.255 e. The highest BCUT2D eigenvalue weighted by Gasteiger charge is 2.22. The number of H-pyrrole nitrogens is 1. The Morgan fingerprint density at radius 1 is 1.19 bits per heavy atom.